The van der Waals surface area contributed by atoms with Gasteiger partial charge in [-0.2, -0.15) is 5.10 Å². The van der Waals surface area contributed by atoms with Gasteiger partial charge in [-0.25, -0.2) is 15.6 Å². The molecule has 0 aliphatic carbocycles. The van der Waals surface area contributed by atoms with E-state index in [-0.39, 0.29) is 5.91 Å². The van der Waals surface area contributed by atoms with Crippen LogP contribution in [0.4, 0.5) is 0 Å². The highest BCUT2D eigenvalue weighted by atomic mass is 79.9. The maximum atomic E-state index is 12.9. The molecule has 1 aliphatic rings. The summed E-state index contributed by atoms with van der Waals surface area (Å²) in [6.07, 6.45) is 3.37. The first kappa shape index (κ1) is 25.1. The molecule has 3 N–H and O–H groups in total. The minimum absolute atomic E-state index is 0.352. The number of hydrazine groups is 1. The van der Waals surface area contributed by atoms with Crippen LogP contribution in [-0.4, -0.2) is 18.1 Å². The van der Waals surface area contributed by atoms with Crippen LogP contribution in [0, 0.1) is 0 Å². The summed E-state index contributed by atoms with van der Waals surface area (Å²) in [6, 6.07) is 33.6. The molecule has 38 heavy (non-hydrogen) atoms. The fourth-order valence-electron chi connectivity index (χ4n) is 4.09. The molecule has 1 aliphatic heterocycles. The van der Waals surface area contributed by atoms with Crippen LogP contribution in [-0.2, 0) is 10.3 Å². The van der Waals surface area contributed by atoms with Gasteiger partial charge in [-0.1, -0.05) is 82.7 Å². The number of amides is 1. The molecule has 8 heteroatoms. The van der Waals surface area contributed by atoms with Crippen molar-refractivity contribution in [1.82, 2.24) is 16.3 Å². The fraction of sp³-hybridized carbons (Fsp3) is 0.0333. The van der Waals surface area contributed by atoms with Gasteiger partial charge < -0.3 is 10.2 Å². The second-order valence-electron chi connectivity index (χ2n) is 8.52. The minimum Gasteiger partial charge on any atom is -0.423 e. The first-order valence-electron chi connectivity index (χ1n) is 11.8. The number of esters is 1. The summed E-state index contributed by atoms with van der Waals surface area (Å²) in [6.45, 7) is 0. The number of carbonyl (C=O) groups is 2. The van der Waals surface area contributed by atoms with Crippen LogP contribution >= 0.6 is 15.9 Å². The lowest BCUT2D eigenvalue weighted by Crippen LogP contribution is -2.44. The highest BCUT2D eigenvalue weighted by molar-refractivity contribution is 9.10. The first-order valence-corrected chi connectivity index (χ1v) is 12.6. The highest BCUT2D eigenvalue weighted by Crippen LogP contribution is 2.34. The zero-order valence-corrected chi connectivity index (χ0v) is 21.7. The van der Waals surface area contributed by atoms with Gasteiger partial charge in [-0.15, -0.1) is 0 Å². The Morgan fingerprint density at radius 2 is 1.50 bits per heavy atom. The average molecular weight is 567 g/mol. The molecular formula is C30H23BrN4O3. The van der Waals surface area contributed by atoms with E-state index < -0.39 is 11.5 Å². The monoisotopic (exact) mass is 566 g/mol. The number of hydrogen-bond acceptors (Lipinski definition) is 6. The fourth-order valence-corrected chi connectivity index (χ4v) is 4.48. The maximum absolute atomic E-state index is 12.9. The van der Waals surface area contributed by atoms with E-state index in [1.807, 2.05) is 72.8 Å². The quantitative estimate of drug-likeness (QED) is 0.126. The number of halogens is 1. The number of nitrogens with one attached hydrogen (secondary N) is 3. The molecule has 5 rings (SSSR count). The molecule has 1 amide bonds. The molecule has 0 fully saturated rings. The number of carbonyl (C=O) groups excluding carboxylic acids is 2. The largest absolute Gasteiger partial charge is 0.423 e. The molecule has 0 unspecified atom stereocenters. The van der Waals surface area contributed by atoms with E-state index in [4.69, 9.17) is 4.74 Å². The summed E-state index contributed by atoms with van der Waals surface area (Å²) in [7, 11) is 0. The van der Waals surface area contributed by atoms with Crippen molar-refractivity contribution >= 4 is 34.0 Å². The molecule has 0 saturated carbocycles. The van der Waals surface area contributed by atoms with Gasteiger partial charge in [0.2, 0.25) is 0 Å². The predicted molar refractivity (Wildman–Crippen MR) is 149 cm³/mol. The second-order valence-corrected chi connectivity index (χ2v) is 9.43. The molecular weight excluding hydrogens is 544 g/mol. The van der Waals surface area contributed by atoms with Gasteiger partial charge >= 0.3 is 5.97 Å². The Morgan fingerprint density at radius 3 is 2.13 bits per heavy atom. The van der Waals surface area contributed by atoms with Crippen molar-refractivity contribution in [3.8, 4) is 5.75 Å². The Bertz CT molecular complexity index is 1460. The third kappa shape index (κ3) is 5.56. The van der Waals surface area contributed by atoms with Gasteiger partial charge in [0.05, 0.1) is 11.8 Å². The Labute approximate surface area is 228 Å². The minimum atomic E-state index is -0.706. The second kappa shape index (κ2) is 11.2. The summed E-state index contributed by atoms with van der Waals surface area (Å²) < 4.78 is 6.21. The van der Waals surface area contributed by atoms with Crippen LogP contribution in [0.5, 0.6) is 5.75 Å². The van der Waals surface area contributed by atoms with E-state index in [9.17, 15) is 9.59 Å². The molecule has 0 spiro atoms. The van der Waals surface area contributed by atoms with E-state index in [1.54, 1.807) is 42.5 Å². The zero-order valence-electron chi connectivity index (χ0n) is 20.1. The maximum Gasteiger partial charge on any atom is 0.343 e. The molecule has 0 saturated heterocycles. The Morgan fingerprint density at radius 1 is 0.842 bits per heavy atom. The Balaban J connectivity index is 1.24. The van der Waals surface area contributed by atoms with E-state index in [1.165, 1.54) is 6.21 Å². The van der Waals surface area contributed by atoms with Crippen molar-refractivity contribution in [1.29, 1.82) is 0 Å². The molecule has 0 radical (unpaired) electrons. The van der Waals surface area contributed by atoms with Crippen LogP contribution in [0.3, 0.4) is 0 Å². The van der Waals surface area contributed by atoms with Crippen molar-refractivity contribution in [2.45, 2.75) is 5.54 Å². The number of rotatable bonds is 7. The van der Waals surface area contributed by atoms with Crippen molar-refractivity contribution in [2.75, 3.05) is 0 Å². The van der Waals surface area contributed by atoms with E-state index >= 15 is 0 Å². The van der Waals surface area contributed by atoms with Gasteiger partial charge in [0.15, 0.2) is 0 Å². The molecule has 188 valence electrons. The van der Waals surface area contributed by atoms with Gasteiger partial charge in [0.25, 0.3) is 5.91 Å². The van der Waals surface area contributed by atoms with E-state index in [0.717, 1.165) is 21.2 Å². The summed E-state index contributed by atoms with van der Waals surface area (Å²) in [5.74, 6) is -0.434. The van der Waals surface area contributed by atoms with Gasteiger partial charge in [-0.3, -0.25) is 4.79 Å². The van der Waals surface area contributed by atoms with Crippen LogP contribution in [0.2, 0.25) is 0 Å². The summed E-state index contributed by atoms with van der Waals surface area (Å²) in [5, 5.41) is 4.08. The summed E-state index contributed by atoms with van der Waals surface area (Å²) >= 11 is 3.34. The standard InChI is InChI=1S/C30H23BrN4O3/c31-25-13-7-8-22(18-25)29(37)38-26-16-14-21(15-17-26)20-32-34-28(36)27-19-30(35-33-27,23-9-3-1-4-10-23)24-11-5-2-6-12-24/h1-20,33,35H,(H,34,36). The Kier molecular flexibility index (Phi) is 7.44. The number of hydrazone groups is 1. The third-order valence-corrected chi connectivity index (χ3v) is 6.48. The van der Waals surface area contributed by atoms with Gasteiger partial charge in [-0.05, 0) is 65.2 Å². The smallest absolute Gasteiger partial charge is 0.343 e. The topological polar surface area (TPSA) is 91.8 Å². The highest BCUT2D eigenvalue weighted by Gasteiger charge is 2.38. The summed E-state index contributed by atoms with van der Waals surface area (Å²) in [5.41, 5.74) is 11.6. The lowest BCUT2D eigenvalue weighted by molar-refractivity contribution is -0.117. The SMILES string of the molecule is O=C(NN=Cc1ccc(OC(=O)c2cccc(Br)c2)cc1)C1=CC(c2ccccc2)(c2ccccc2)NN1. The zero-order chi connectivity index (χ0) is 26.4. The lowest BCUT2D eigenvalue weighted by atomic mass is 9.83. The van der Waals surface area contributed by atoms with Crippen molar-refractivity contribution in [3.63, 3.8) is 0 Å². The normalized spacial score (nSPS) is 14.0. The lowest BCUT2D eigenvalue weighted by Gasteiger charge is -2.28. The van der Waals surface area contributed by atoms with E-state index in [0.29, 0.717) is 17.0 Å². The molecule has 0 atom stereocenters. The van der Waals surface area contributed by atoms with Gasteiger partial charge in [0, 0.05) is 4.47 Å². The number of nitrogens with zero attached hydrogens (tertiary/aromatic N) is 1. The predicted octanol–water partition coefficient (Wildman–Crippen LogP) is 5.05. The van der Waals surface area contributed by atoms with Crippen molar-refractivity contribution in [2.24, 2.45) is 5.10 Å². The van der Waals surface area contributed by atoms with Crippen molar-refractivity contribution in [3.05, 3.63) is 148 Å². The Hall–Kier alpha value is -4.53. The molecule has 0 bridgehead atoms. The van der Waals surface area contributed by atoms with Crippen LogP contribution in [0.25, 0.3) is 0 Å². The molecule has 7 nitrogen and oxygen atoms in total. The van der Waals surface area contributed by atoms with Crippen LogP contribution < -0.4 is 21.0 Å². The first-order chi connectivity index (χ1) is 18.5. The molecule has 0 aromatic heterocycles. The van der Waals surface area contributed by atoms with E-state index in [2.05, 4.69) is 37.3 Å². The van der Waals surface area contributed by atoms with Gasteiger partial charge in [0.1, 0.15) is 17.0 Å². The summed E-state index contributed by atoms with van der Waals surface area (Å²) in [4.78, 5) is 25.2. The number of benzene rings is 4. The van der Waals surface area contributed by atoms with Crippen molar-refractivity contribution < 1.29 is 14.3 Å². The molecule has 4 aromatic rings. The molecule has 4 aromatic carbocycles. The van der Waals surface area contributed by atoms with Crippen LogP contribution in [0.15, 0.2) is 131 Å². The average Bonchev–Trinajstić information content (AvgIpc) is 3.42. The number of ether oxygens (including phenoxy) is 1. The van der Waals surface area contributed by atoms with Crippen LogP contribution in [0.1, 0.15) is 27.0 Å². The third-order valence-electron chi connectivity index (χ3n) is 5.99. The number of hydrogen-bond donors (Lipinski definition) is 3. The molecule has 1 heterocycles.